The van der Waals surface area contributed by atoms with Crippen molar-refractivity contribution in [3.05, 3.63) is 58.6 Å². The number of carboxylic acid groups (broad SMARTS) is 1. The van der Waals surface area contributed by atoms with Crippen molar-refractivity contribution in [2.24, 2.45) is 0 Å². The molecule has 5 nitrogen and oxygen atoms in total. The molecule has 1 amide bonds. The van der Waals surface area contributed by atoms with Crippen molar-refractivity contribution >= 4 is 35.4 Å². The van der Waals surface area contributed by atoms with E-state index in [1.807, 2.05) is 6.92 Å². The van der Waals surface area contributed by atoms with Crippen molar-refractivity contribution in [1.82, 2.24) is 5.32 Å². The van der Waals surface area contributed by atoms with Crippen LogP contribution in [0.2, 0.25) is 5.02 Å². The first kappa shape index (κ1) is 29.8. The molecule has 2 aromatic rings. The zero-order valence-corrected chi connectivity index (χ0v) is 22.2. The highest BCUT2D eigenvalue weighted by molar-refractivity contribution is 7.99. The minimum Gasteiger partial charge on any atom is -0.480 e. The number of carbonyl (C=O) groups is 2. The lowest BCUT2D eigenvalue weighted by Crippen LogP contribution is -2.55. The SMILES string of the molecule is CCCC(CCCc1ccc(Sc2cccc(C(F)(F)F)c2)cc1Cl)(NC(=O)OC(C)(C)C)C(=O)O. The average molecular weight is 546 g/mol. The molecular weight excluding hydrogens is 515 g/mol. The lowest BCUT2D eigenvalue weighted by Gasteiger charge is -2.31. The van der Waals surface area contributed by atoms with Gasteiger partial charge in [0.05, 0.1) is 5.56 Å². The van der Waals surface area contributed by atoms with Gasteiger partial charge in [-0.05, 0) is 82.3 Å². The number of amides is 1. The molecule has 198 valence electrons. The van der Waals surface area contributed by atoms with Crippen LogP contribution >= 0.6 is 23.4 Å². The van der Waals surface area contributed by atoms with Gasteiger partial charge in [0.1, 0.15) is 11.1 Å². The number of alkyl carbamates (subject to hydrolysis) is 1. The number of aliphatic carboxylic acids is 1. The third kappa shape index (κ3) is 8.92. The summed E-state index contributed by atoms with van der Waals surface area (Å²) in [7, 11) is 0. The predicted molar refractivity (Wildman–Crippen MR) is 135 cm³/mol. The lowest BCUT2D eigenvalue weighted by atomic mass is 9.87. The second-order valence-corrected chi connectivity index (χ2v) is 11.1. The molecule has 0 bridgehead atoms. The van der Waals surface area contributed by atoms with Gasteiger partial charge in [-0.15, -0.1) is 0 Å². The van der Waals surface area contributed by atoms with E-state index >= 15 is 0 Å². The van der Waals surface area contributed by atoms with Crippen LogP contribution in [0.5, 0.6) is 0 Å². The van der Waals surface area contributed by atoms with Gasteiger partial charge in [0.25, 0.3) is 0 Å². The summed E-state index contributed by atoms with van der Waals surface area (Å²) < 4.78 is 44.2. The van der Waals surface area contributed by atoms with Crippen molar-refractivity contribution in [2.75, 3.05) is 0 Å². The Hall–Kier alpha value is -2.39. The molecule has 36 heavy (non-hydrogen) atoms. The van der Waals surface area contributed by atoms with Gasteiger partial charge < -0.3 is 15.2 Å². The fourth-order valence-electron chi connectivity index (χ4n) is 3.69. The Kier molecular flexibility index (Phi) is 10.1. The van der Waals surface area contributed by atoms with Crippen LogP contribution in [-0.2, 0) is 22.1 Å². The van der Waals surface area contributed by atoms with E-state index in [9.17, 15) is 27.9 Å². The Morgan fingerprint density at radius 2 is 1.72 bits per heavy atom. The van der Waals surface area contributed by atoms with Crippen molar-refractivity contribution in [2.45, 2.75) is 86.9 Å². The molecule has 1 unspecified atom stereocenters. The third-order valence-corrected chi connectivity index (χ3v) is 6.63. The summed E-state index contributed by atoms with van der Waals surface area (Å²) >= 11 is 7.60. The summed E-state index contributed by atoms with van der Waals surface area (Å²) in [5, 5.41) is 12.9. The molecule has 0 fully saturated rings. The average Bonchev–Trinajstić information content (AvgIpc) is 2.73. The number of aryl methyl sites for hydroxylation is 1. The highest BCUT2D eigenvalue weighted by Crippen LogP contribution is 2.36. The van der Waals surface area contributed by atoms with Crippen molar-refractivity contribution in [3.8, 4) is 0 Å². The van der Waals surface area contributed by atoms with E-state index in [4.69, 9.17) is 16.3 Å². The molecule has 1 atom stereocenters. The number of rotatable bonds is 10. The maximum absolute atomic E-state index is 13.0. The fourth-order valence-corrected chi connectivity index (χ4v) is 4.95. The second-order valence-electron chi connectivity index (χ2n) is 9.50. The number of halogens is 4. The molecular formula is C26H31ClF3NO4S. The zero-order valence-electron chi connectivity index (χ0n) is 20.7. The van der Waals surface area contributed by atoms with Gasteiger partial charge in [0.2, 0.25) is 0 Å². The molecule has 0 aromatic heterocycles. The molecule has 0 radical (unpaired) electrons. The van der Waals surface area contributed by atoms with Crippen molar-refractivity contribution < 1.29 is 32.6 Å². The van der Waals surface area contributed by atoms with Gasteiger partial charge in [-0.3, -0.25) is 0 Å². The van der Waals surface area contributed by atoms with Crippen LogP contribution in [0.15, 0.2) is 52.3 Å². The number of alkyl halides is 3. The molecule has 2 N–H and O–H groups in total. The number of carboxylic acids is 1. The molecule has 0 aliphatic rings. The maximum Gasteiger partial charge on any atom is 0.416 e. The predicted octanol–water partition coefficient (Wildman–Crippen LogP) is 7.98. The molecule has 0 aliphatic carbocycles. The number of ether oxygens (including phenoxy) is 1. The Balaban J connectivity index is 2.08. The fraction of sp³-hybridized carbons (Fsp3) is 0.462. The summed E-state index contributed by atoms with van der Waals surface area (Å²) in [6.45, 7) is 6.94. The van der Waals surface area contributed by atoms with Crippen LogP contribution in [0.4, 0.5) is 18.0 Å². The van der Waals surface area contributed by atoms with Gasteiger partial charge in [0, 0.05) is 14.8 Å². The monoisotopic (exact) mass is 545 g/mol. The normalized spacial score (nSPS) is 13.7. The quantitative estimate of drug-likeness (QED) is 0.316. The topological polar surface area (TPSA) is 75.6 Å². The van der Waals surface area contributed by atoms with Gasteiger partial charge in [-0.1, -0.05) is 48.8 Å². The smallest absolute Gasteiger partial charge is 0.416 e. The summed E-state index contributed by atoms with van der Waals surface area (Å²) in [6.07, 6.45) is -3.35. The Labute approximate surface area is 218 Å². The van der Waals surface area contributed by atoms with Gasteiger partial charge >= 0.3 is 18.2 Å². The molecule has 0 spiro atoms. The highest BCUT2D eigenvalue weighted by atomic mass is 35.5. The largest absolute Gasteiger partial charge is 0.480 e. The van der Waals surface area contributed by atoms with Crippen LogP contribution in [0, 0.1) is 0 Å². The van der Waals surface area contributed by atoms with Gasteiger partial charge in [-0.25, -0.2) is 9.59 Å². The van der Waals surface area contributed by atoms with Crippen molar-refractivity contribution in [1.29, 1.82) is 0 Å². The van der Waals surface area contributed by atoms with E-state index in [2.05, 4.69) is 5.32 Å². The van der Waals surface area contributed by atoms with Crippen LogP contribution in [0.25, 0.3) is 0 Å². The van der Waals surface area contributed by atoms with Crippen LogP contribution < -0.4 is 5.32 Å². The van der Waals surface area contributed by atoms with Crippen LogP contribution in [0.3, 0.4) is 0 Å². The maximum atomic E-state index is 13.0. The first-order chi connectivity index (χ1) is 16.6. The van der Waals surface area contributed by atoms with E-state index in [0.717, 1.165) is 17.7 Å². The van der Waals surface area contributed by atoms with Gasteiger partial charge in [0.15, 0.2) is 0 Å². The van der Waals surface area contributed by atoms with E-state index in [-0.39, 0.29) is 12.8 Å². The summed E-state index contributed by atoms with van der Waals surface area (Å²) in [5.41, 5.74) is -2.17. The molecule has 0 aliphatic heterocycles. The number of hydrogen-bond acceptors (Lipinski definition) is 4. The minimum absolute atomic E-state index is 0.173. The van der Waals surface area contributed by atoms with E-state index < -0.39 is 34.9 Å². The Morgan fingerprint density at radius 1 is 1.06 bits per heavy atom. The van der Waals surface area contributed by atoms with E-state index in [1.54, 1.807) is 45.0 Å². The second kappa shape index (κ2) is 12.2. The molecule has 2 aromatic carbocycles. The number of carbonyl (C=O) groups excluding carboxylic acids is 1. The third-order valence-electron chi connectivity index (χ3n) is 5.30. The van der Waals surface area contributed by atoms with E-state index in [0.29, 0.717) is 34.1 Å². The molecule has 0 saturated heterocycles. The molecule has 0 saturated carbocycles. The first-order valence-electron chi connectivity index (χ1n) is 11.5. The van der Waals surface area contributed by atoms with Crippen LogP contribution in [0.1, 0.15) is 64.5 Å². The summed E-state index contributed by atoms with van der Waals surface area (Å²) in [4.78, 5) is 25.6. The summed E-state index contributed by atoms with van der Waals surface area (Å²) in [5.74, 6) is -1.13. The highest BCUT2D eigenvalue weighted by Gasteiger charge is 2.40. The number of benzene rings is 2. The molecule has 0 heterocycles. The number of hydrogen-bond donors (Lipinski definition) is 2. The lowest BCUT2D eigenvalue weighted by molar-refractivity contribution is -0.145. The van der Waals surface area contributed by atoms with Crippen molar-refractivity contribution in [3.63, 3.8) is 0 Å². The zero-order chi connectivity index (χ0) is 27.1. The molecule has 10 heteroatoms. The van der Waals surface area contributed by atoms with E-state index in [1.165, 1.54) is 17.8 Å². The van der Waals surface area contributed by atoms with Crippen LogP contribution in [-0.4, -0.2) is 28.3 Å². The minimum atomic E-state index is -4.42. The molecule has 2 rings (SSSR count). The standard InChI is InChI=1S/C26H31ClF3NO4S/c1-5-13-25(22(32)33,31-23(34)35-24(2,3)4)14-7-8-17-11-12-20(16-21(17)27)36-19-10-6-9-18(15-19)26(28,29)30/h6,9-12,15-16H,5,7-8,13-14H2,1-4H3,(H,31,34)(H,32,33). The first-order valence-corrected chi connectivity index (χ1v) is 12.7. The Bertz CT molecular complexity index is 1070. The number of nitrogens with one attached hydrogen (secondary N) is 1. The Morgan fingerprint density at radius 3 is 2.28 bits per heavy atom. The summed E-state index contributed by atoms with van der Waals surface area (Å²) in [6, 6.07) is 10.3. The van der Waals surface area contributed by atoms with Gasteiger partial charge in [-0.2, -0.15) is 13.2 Å².